The fourth-order valence-corrected chi connectivity index (χ4v) is 2.92. The molecule has 3 heteroatoms. The van der Waals surface area contributed by atoms with Gasteiger partial charge in [-0.1, -0.05) is 30.7 Å². The number of nitrogens with two attached hydrogens (primary N) is 1. The highest BCUT2D eigenvalue weighted by molar-refractivity contribution is 9.10. The molecule has 0 saturated heterocycles. The molecule has 1 heterocycles. The molecule has 1 aromatic carbocycles. The van der Waals surface area contributed by atoms with Crippen LogP contribution in [0.5, 0.6) is 0 Å². The summed E-state index contributed by atoms with van der Waals surface area (Å²) >= 11 is 3.44. The van der Waals surface area contributed by atoms with Gasteiger partial charge >= 0.3 is 0 Å². The summed E-state index contributed by atoms with van der Waals surface area (Å²) in [7, 11) is 0. The van der Waals surface area contributed by atoms with Gasteiger partial charge < -0.3 is 5.73 Å². The van der Waals surface area contributed by atoms with Crippen molar-refractivity contribution >= 4 is 15.9 Å². The van der Waals surface area contributed by atoms with Gasteiger partial charge in [0.1, 0.15) is 0 Å². The Labute approximate surface area is 122 Å². The van der Waals surface area contributed by atoms with E-state index < -0.39 is 0 Å². The van der Waals surface area contributed by atoms with E-state index in [0.29, 0.717) is 0 Å². The number of halogens is 1. The standard InChI is InChI=1S/C16H17BrN2/c17-15-8-14(9-19-10-15)16(18)13-6-2-5-12(7-13)11-3-1-4-11/h2,5-11,16H,1,3-4,18H2. The van der Waals surface area contributed by atoms with E-state index in [0.717, 1.165) is 16.0 Å². The summed E-state index contributed by atoms with van der Waals surface area (Å²) in [4.78, 5) is 4.19. The van der Waals surface area contributed by atoms with E-state index in [1.54, 1.807) is 6.20 Å². The quantitative estimate of drug-likeness (QED) is 0.923. The van der Waals surface area contributed by atoms with E-state index in [4.69, 9.17) is 5.73 Å². The van der Waals surface area contributed by atoms with Crippen LogP contribution in [0.15, 0.2) is 47.2 Å². The van der Waals surface area contributed by atoms with Crippen molar-refractivity contribution in [2.75, 3.05) is 0 Å². The van der Waals surface area contributed by atoms with Gasteiger partial charge in [-0.15, -0.1) is 0 Å². The molecule has 1 aromatic heterocycles. The Kier molecular flexibility index (Phi) is 3.67. The molecule has 2 N–H and O–H groups in total. The minimum absolute atomic E-state index is 0.106. The second-order valence-corrected chi connectivity index (χ2v) is 6.13. The first kappa shape index (κ1) is 12.8. The monoisotopic (exact) mass is 316 g/mol. The highest BCUT2D eigenvalue weighted by Gasteiger charge is 2.20. The predicted octanol–water partition coefficient (Wildman–Crippen LogP) is 4.16. The van der Waals surface area contributed by atoms with Gasteiger partial charge in [-0.3, -0.25) is 4.98 Å². The molecule has 1 unspecified atom stereocenters. The number of benzene rings is 1. The Balaban J connectivity index is 1.88. The van der Waals surface area contributed by atoms with Gasteiger partial charge in [0.25, 0.3) is 0 Å². The van der Waals surface area contributed by atoms with Crippen LogP contribution in [0.1, 0.15) is 47.9 Å². The van der Waals surface area contributed by atoms with Crippen molar-refractivity contribution in [2.45, 2.75) is 31.2 Å². The van der Waals surface area contributed by atoms with Gasteiger partial charge in [-0.25, -0.2) is 0 Å². The van der Waals surface area contributed by atoms with E-state index in [2.05, 4.69) is 45.2 Å². The van der Waals surface area contributed by atoms with Crippen LogP contribution in [0, 0.1) is 0 Å². The third-order valence-corrected chi connectivity index (χ3v) is 4.37. The van der Waals surface area contributed by atoms with Crippen molar-refractivity contribution in [1.82, 2.24) is 4.98 Å². The van der Waals surface area contributed by atoms with Gasteiger partial charge in [0.15, 0.2) is 0 Å². The summed E-state index contributed by atoms with van der Waals surface area (Å²) in [5.74, 6) is 0.743. The van der Waals surface area contributed by atoms with E-state index in [1.165, 1.54) is 30.4 Å². The fraction of sp³-hybridized carbons (Fsp3) is 0.312. The molecule has 1 aliphatic rings. The Morgan fingerprint density at radius 2 is 2.00 bits per heavy atom. The number of hydrogen-bond acceptors (Lipinski definition) is 2. The minimum atomic E-state index is -0.106. The maximum absolute atomic E-state index is 6.35. The van der Waals surface area contributed by atoms with Crippen LogP contribution in [0.3, 0.4) is 0 Å². The lowest BCUT2D eigenvalue weighted by molar-refractivity contribution is 0.419. The van der Waals surface area contributed by atoms with Crippen LogP contribution in [-0.2, 0) is 0 Å². The fourth-order valence-electron chi connectivity index (χ4n) is 2.54. The van der Waals surface area contributed by atoms with E-state index in [9.17, 15) is 0 Å². The third kappa shape index (κ3) is 2.72. The van der Waals surface area contributed by atoms with Crippen molar-refractivity contribution in [3.63, 3.8) is 0 Å². The zero-order chi connectivity index (χ0) is 13.2. The highest BCUT2D eigenvalue weighted by atomic mass is 79.9. The van der Waals surface area contributed by atoms with Crippen LogP contribution >= 0.6 is 15.9 Å². The molecular weight excluding hydrogens is 300 g/mol. The predicted molar refractivity (Wildman–Crippen MR) is 81.0 cm³/mol. The first-order valence-corrected chi connectivity index (χ1v) is 7.49. The number of aromatic nitrogens is 1. The first-order valence-electron chi connectivity index (χ1n) is 6.70. The van der Waals surface area contributed by atoms with Crippen LogP contribution < -0.4 is 5.73 Å². The second-order valence-electron chi connectivity index (χ2n) is 5.21. The van der Waals surface area contributed by atoms with Crippen molar-refractivity contribution < 1.29 is 0 Å². The van der Waals surface area contributed by atoms with E-state index >= 15 is 0 Å². The molecule has 2 aromatic rings. The van der Waals surface area contributed by atoms with Crippen molar-refractivity contribution in [1.29, 1.82) is 0 Å². The average molecular weight is 317 g/mol. The van der Waals surface area contributed by atoms with Crippen LogP contribution in [0.2, 0.25) is 0 Å². The van der Waals surface area contributed by atoms with Crippen LogP contribution in [0.25, 0.3) is 0 Å². The minimum Gasteiger partial charge on any atom is -0.320 e. The zero-order valence-corrected chi connectivity index (χ0v) is 12.3. The summed E-state index contributed by atoms with van der Waals surface area (Å²) < 4.78 is 0.968. The van der Waals surface area contributed by atoms with Crippen molar-refractivity contribution in [3.05, 3.63) is 63.9 Å². The molecule has 1 atom stereocenters. The molecule has 3 rings (SSSR count). The molecule has 1 aliphatic carbocycles. The van der Waals surface area contributed by atoms with E-state index in [-0.39, 0.29) is 6.04 Å². The van der Waals surface area contributed by atoms with Gasteiger partial charge in [-0.05, 0) is 57.4 Å². The smallest absolute Gasteiger partial charge is 0.0567 e. The third-order valence-electron chi connectivity index (χ3n) is 3.93. The Morgan fingerprint density at radius 1 is 1.16 bits per heavy atom. The summed E-state index contributed by atoms with van der Waals surface area (Å²) in [6.45, 7) is 0. The lowest BCUT2D eigenvalue weighted by Gasteiger charge is -2.26. The SMILES string of the molecule is NC(c1cncc(Br)c1)c1cccc(C2CCC2)c1. The topological polar surface area (TPSA) is 38.9 Å². The summed E-state index contributed by atoms with van der Waals surface area (Å²) in [5, 5.41) is 0. The molecule has 0 aliphatic heterocycles. The van der Waals surface area contributed by atoms with Crippen LogP contribution in [-0.4, -0.2) is 4.98 Å². The molecule has 0 radical (unpaired) electrons. The van der Waals surface area contributed by atoms with Gasteiger partial charge in [0.05, 0.1) is 6.04 Å². The molecule has 0 bridgehead atoms. The Bertz CT molecular complexity index is 578. The first-order chi connectivity index (χ1) is 9.24. The summed E-state index contributed by atoms with van der Waals surface area (Å²) in [6.07, 6.45) is 7.61. The summed E-state index contributed by atoms with van der Waals surface area (Å²) in [6, 6.07) is 10.6. The second kappa shape index (κ2) is 5.43. The van der Waals surface area contributed by atoms with Gasteiger partial charge in [-0.2, -0.15) is 0 Å². The van der Waals surface area contributed by atoms with E-state index in [1.807, 2.05) is 12.3 Å². The molecule has 98 valence electrons. The van der Waals surface area contributed by atoms with Crippen LogP contribution in [0.4, 0.5) is 0 Å². The molecule has 19 heavy (non-hydrogen) atoms. The maximum Gasteiger partial charge on any atom is 0.0567 e. The number of nitrogens with zero attached hydrogens (tertiary/aromatic N) is 1. The summed E-state index contributed by atoms with van der Waals surface area (Å²) in [5.41, 5.74) is 10.00. The van der Waals surface area contributed by atoms with Crippen molar-refractivity contribution in [2.24, 2.45) is 5.73 Å². The molecule has 1 fully saturated rings. The number of pyridine rings is 1. The average Bonchev–Trinajstić information content (AvgIpc) is 2.36. The number of hydrogen-bond donors (Lipinski definition) is 1. The molecule has 1 saturated carbocycles. The lowest BCUT2D eigenvalue weighted by atomic mass is 9.79. The molecular formula is C16H17BrN2. The zero-order valence-electron chi connectivity index (χ0n) is 10.7. The normalized spacial score (nSPS) is 16.9. The van der Waals surface area contributed by atoms with Gasteiger partial charge in [0, 0.05) is 16.9 Å². The Morgan fingerprint density at radius 3 is 2.68 bits per heavy atom. The molecule has 0 amide bonds. The largest absolute Gasteiger partial charge is 0.320 e. The highest BCUT2D eigenvalue weighted by Crippen LogP contribution is 2.37. The Hall–Kier alpha value is -1.19. The van der Waals surface area contributed by atoms with Gasteiger partial charge in [0.2, 0.25) is 0 Å². The lowest BCUT2D eigenvalue weighted by Crippen LogP contribution is -2.14. The maximum atomic E-state index is 6.35. The molecule has 2 nitrogen and oxygen atoms in total. The van der Waals surface area contributed by atoms with Crippen molar-refractivity contribution in [3.8, 4) is 0 Å². The molecule has 0 spiro atoms. The number of rotatable bonds is 3.